The zero-order chi connectivity index (χ0) is 15.7. The van der Waals surface area contributed by atoms with Crippen LogP contribution in [0.3, 0.4) is 0 Å². The minimum atomic E-state index is -1.07. The van der Waals surface area contributed by atoms with Crippen LogP contribution in [0.2, 0.25) is 0 Å². The fraction of sp³-hybridized carbons (Fsp3) is 0.333. The Hall–Kier alpha value is -2.34. The standard InChI is InChI=1S/C15H19NO5/c1-3-21-9-8-16-15(19)12-4-6-13(20-2)11(10-12)5-7-14(17)18/h4-7,10H,3,8-9H2,1-2H3,(H,16,19)(H,17,18). The molecule has 0 saturated carbocycles. The number of rotatable bonds is 8. The molecule has 0 radical (unpaired) electrons. The average Bonchev–Trinajstić information content (AvgIpc) is 2.48. The molecule has 0 atom stereocenters. The maximum atomic E-state index is 11.9. The number of hydrogen-bond acceptors (Lipinski definition) is 4. The summed E-state index contributed by atoms with van der Waals surface area (Å²) in [6.07, 6.45) is 2.38. The lowest BCUT2D eigenvalue weighted by Gasteiger charge is -2.09. The minimum absolute atomic E-state index is 0.248. The molecule has 0 aliphatic carbocycles. The second kappa shape index (κ2) is 8.76. The van der Waals surface area contributed by atoms with Gasteiger partial charge in [0.05, 0.1) is 13.7 Å². The number of hydrogen-bond donors (Lipinski definition) is 2. The Morgan fingerprint density at radius 1 is 1.38 bits per heavy atom. The van der Waals surface area contributed by atoms with E-state index >= 15 is 0 Å². The number of carboxylic acids is 1. The third-order valence-electron chi connectivity index (χ3n) is 2.63. The van der Waals surface area contributed by atoms with E-state index in [9.17, 15) is 9.59 Å². The number of carbonyl (C=O) groups excluding carboxylic acids is 1. The van der Waals surface area contributed by atoms with Crippen molar-refractivity contribution in [1.29, 1.82) is 0 Å². The summed E-state index contributed by atoms with van der Waals surface area (Å²) in [4.78, 5) is 22.5. The van der Waals surface area contributed by atoms with Crippen LogP contribution in [0.25, 0.3) is 6.08 Å². The van der Waals surface area contributed by atoms with Crippen LogP contribution in [0.15, 0.2) is 24.3 Å². The molecule has 0 fully saturated rings. The second-order valence-corrected chi connectivity index (χ2v) is 4.08. The van der Waals surface area contributed by atoms with E-state index in [-0.39, 0.29) is 5.91 Å². The molecule has 1 rings (SSSR count). The first kappa shape index (κ1) is 16.7. The van der Waals surface area contributed by atoms with Crippen LogP contribution in [0, 0.1) is 0 Å². The van der Waals surface area contributed by atoms with E-state index in [1.54, 1.807) is 18.2 Å². The molecule has 1 aromatic rings. The van der Waals surface area contributed by atoms with E-state index in [1.807, 2.05) is 6.92 Å². The highest BCUT2D eigenvalue weighted by Crippen LogP contribution is 2.21. The first-order chi connectivity index (χ1) is 10.1. The highest BCUT2D eigenvalue weighted by Gasteiger charge is 2.08. The molecule has 6 nitrogen and oxygen atoms in total. The van der Waals surface area contributed by atoms with Gasteiger partial charge < -0.3 is 19.9 Å². The summed E-state index contributed by atoms with van der Waals surface area (Å²) in [7, 11) is 1.48. The number of benzene rings is 1. The van der Waals surface area contributed by atoms with Gasteiger partial charge in [0.25, 0.3) is 5.91 Å². The molecule has 0 heterocycles. The number of nitrogens with one attached hydrogen (secondary N) is 1. The Morgan fingerprint density at radius 2 is 2.14 bits per heavy atom. The molecule has 0 aromatic heterocycles. The Kier molecular flexibility index (Phi) is 6.97. The van der Waals surface area contributed by atoms with Gasteiger partial charge in [0, 0.05) is 30.4 Å². The van der Waals surface area contributed by atoms with Gasteiger partial charge in [-0.2, -0.15) is 0 Å². The maximum Gasteiger partial charge on any atom is 0.328 e. The lowest BCUT2D eigenvalue weighted by molar-refractivity contribution is -0.131. The van der Waals surface area contributed by atoms with E-state index < -0.39 is 5.97 Å². The third kappa shape index (κ3) is 5.66. The molecule has 2 N–H and O–H groups in total. The SMILES string of the molecule is CCOCCNC(=O)c1ccc(OC)c(C=CC(=O)O)c1. The molecule has 1 aromatic carbocycles. The summed E-state index contributed by atoms with van der Waals surface area (Å²) in [5.74, 6) is -0.815. The van der Waals surface area contributed by atoms with Crippen molar-refractivity contribution in [3.8, 4) is 5.75 Å². The predicted octanol–water partition coefficient (Wildman–Crippen LogP) is 1.56. The molecule has 1 amide bonds. The molecular weight excluding hydrogens is 274 g/mol. The molecule has 0 aliphatic heterocycles. The van der Waals surface area contributed by atoms with Gasteiger partial charge in [-0.15, -0.1) is 0 Å². The van der Waals surface area contributed by atoms with Crippen LogP contribution in [0.4, 0.5) is 0 Å². The van der Waals surface area contributed by atoms with Crippen molar-refractivity contribution in [2.24, 2.45) is 0 Å². The quantitative estimate of drug-likeness (QED) is 0.561. The predicted molar refractivity (Wildman–Crippen MR) is 78.5 cm³/mol. The van der Waals surface area contributed by atoms with Crippen molar-refractivity contribution in [1.82, 2.24) is 5.32 Å². The first-order valence-corrected chi connectivity index (χ1v) is 6.53. The largest absolute Gasteiger partial charge is 0.496 e. The summed E-state index contributed by atoms with van der Waals surface area (Å²) in [5, 5.41) is 11.4. The van der Waals surface area contributed by atoms with Crippen molar-refractivity contribution in [2.45, 2.75) is 6.92 Å². The highest BCUT2D eigenvalue weighted by atomic mass is 16.5. The van der Waals surface area contributed by atoms with Gasteiger partial charge in [-0.1, -0.05) is 0 Å². The minimum Gasteiger partial charge on any atom is -0.496 e. The number of ether oxygens (including phenoxy) is 2. The van der Waals surface area contributed by atoms with E-state index in [0.717, 1.165) is 6.08 Å². The van der Waals surface area contributed by atoms with Crippen LogP contribution in [-0.4, -0.2) is 43.9 Å². The molecule has 21 heavy (non-hydrogen) atoms. The molecule has 114 valence electrons. The van der Waals surface area contributed by atoms with Gasteiger partial charge in [0.2, 0.25) is 0 Å². The third-order valence-corrected chi connectivity index (χ3v) is 2.63. The van der Waals surface area contributed by atoms with E-state index in [0.29, 0.717) is 36.6 Å². The number of amides is 1. The number of methoxy groups -OCH3 is 1. The lowest BCUT2D eigenvalue weighted by Crippen LogP contribution is -2.27. The summed E-state index contributed by atoms with van der Waals surface area (Å²) >= 11 is 0. The summed E-state index contributed by atoms with van der Waals surface area (Å²) in [5.41, 5.74) is 0.953. The monoisotopic (exact) mass is 293 g/mol. The summed E-state index contributed by atoms with van der Waals surface area (Å²) in [6.45, 7) is 3.35. The van der Waals surface area contributed by atoms with Crippen molar-refractivity contribution in [3.63, 3.8) is 0 Å². The van der Waals surface area contributed by atoms with Crippen molar-refractivity contribution in [2.75, 3.05) is 26.9 Å². The van der Waals surface area contributed by atoms with E-state index in [4.69, 9.17) is 14.6 Å². The van der Waals surface area contributed by atoms with Crippen LogP contribution in [0.5, 0.6) is 5.75 Å². The zero-order valence-electron chi connectivity index (χ0n) is 12.1. The summed E-state index contributed by atoms with van der Waals surface area (Å²) < 4.78 is 10.3. The molecule has 0 aliphatic rings. The van der Waals surface area contributed by atoms with Gasteiger partial charge in [-0.05, 0) is 31.2 Å². The van der Waals surface area contributed by atoms with Gasteiger partial charge >= 0.3 is 5.97 Å². The molecule has 0 spiro atoms. The second-order valence-electron chi connectivity index (χ2n) is 4.08. The van der Waals surface area contributed by atoms with E-state index in [2.05, 4.69) is 5.32 Å². The fourth-order valence-electron chi connectivity index (χ4n) is 1.65. The van der Waals surface area contributed by atoms with Crippen LogP contribution in [-0.2, 0) is 9.53 Å². The Labute approximate surface area is 123 Å². The van der Waals surface area contributed by atoms with Gasteiger partial charge in [-0.25, -0.2) is 4.79 Å². The molecule has 6 heteroatoms. The Balaban J connectivity index is 2.81. The summed E-state index contributed by atoms with van der Waals surface area (Å²) in [6, 6.07) is 4.82. The average molecular weight is 293 g/mol. The normalized spacial score (nSPS) is 10.6. The van der Waals surface area contributed by atoms with Crippen molar-refractivity contribution < 1.29 is 24.2 Å². The Morgan fingerprint density at radius 3 is 2.76 bits per heavy atom. The number of carbonyl (C=O) groups is 2. The molecule has 0 bridgehead atoms. The van der Waals surface area contributed by atoms with Crippen LogP contribution in [0.1, 0.15) is 22.8 Å². The maximum absolute atomic E-state index is 11.9. The van der Waals surface area contributed by atoms with Crippen molar-refractivity contribution >= 4 is 18.0 Å². The highest BCUT2D eigenvalue weighted by molar-refractivity contribution is 5.95. The van der Waals surface area contributed by atoms with E-state index in [1.165, 1.54) is 13.2 Å². The lowest BCUT2D eigenvalue weighted by atomic mass is 10.1. The zero-order valence-corrected chi connectivity index (χ0v) is 12.1. The molecule has 0 saturated heterocycles. The van der Waals surface area contributed by atoms with Crippen LogP contribution >= 0.6 is 0 Å². The van der Waals surface area contributed by atoms with Gasteiger partial charge in [0.1, 0.15) is 5.75 Å². The van der Waals surface area contributed by atoms with Crippen molar-refractivity contribution in [3.05, 3.63) is 35.4 Å². The smallest absolute Gasteiger partial charge is 0.328 e. The molecular formula is C15H19NO5. The topological polar surface area (TPSA) is 84.9 Å². The molecule has 0 unspecified atom stereocenters. The number of carboxylic acid groups (broad SMARTS) is 1. The van der Waals surface area contributed by atoms with Crippen LogP contribution < -0.4 is 10.1 Å². The van der Waals surface area contributed by atoms with Gasteiger partial charge in [0.15, 0.2) is 0 Å². The first-order valence-electron chi connectivity index (χ1n) is 6.53. The fourth-order valence-corrected chi connectivity index (χ4v) is 1.65. The Bertz CT molecular complexity index is 525. The van der Waals surface area contributed by atoms with Gasteiger partial charge in [-0.3, -0.25) is 4.79 Å². The number of aliphatic carboxylic acids is 1.